The van der Waals surface area contributed by atoms with Gasteiger partial charge in [-0.2, -0.15) is 4.98 Å². The van der Waals surface area contributed by atoms with Crippen molar-refractivity contribution in [3.63, 3.8) is 0 Å². The van der Waals surface area contributed by atoms with E-state index in [0.29, 0.717) is 6.42 Å². The molecule has 2 aliphatic heterocycles. The Hall–Kier alpha value is -1.37. The van der Waals surface area contributed by atoms with Gasteiger partial charge in [0.2, 0.25) is 5.95 Å². The van der Waals surface area contributed by atoms with Gasteiger partial charge in [-0.05, 0) is 25.3 Å². The van der Waals surface area contributed by atoms with Crippen molar-refractivity contribution in [2.75, 3.05) is 34.8 Å². The summed E-state index contributed by atoms with van der Waals surface area (Å²) in [6.45, 7) is 2.00. The van der Waals surface area contributed by atoms with Gasteiger partial charge in [-0.15, -0.1) is 0 Å². The minimum Gasteiger partial charge on any atom is -0.366 e. The summed E-state index contributed by atoms with van der Waals surface area (Å²) in [7, 11) is -2.86. The highest BCUT2D eigenvalue weighted by Gasteiger charge is 2.28. The van der Waals surface area contributed by atoms with Crippen LogP contribution in [0.1, 0.15) is 19.3 Å². The van der Waals surface area contributed by atoms with E-state index in [-0.39, 0.29) is 17.5 Å². The van der Waals surface area contributed by atoms with Crippen molar-refractivity contribution in [1.82, 2.24) is 9.97 Å². The van der Waals surface area contributed by atoms with Gasteiger partial charge >= 0.3 is 0 Å². The highest BCUT2D eigenvalue weighted by atomic mass is 32.2. The molecule has 2 saturated heterocycles. The van der Waals surface area contributed by atoms with Gasteiger partial charge in [0, 0.05) is 25.3 Å². The summed E-state index contributed by atoms with van der Waals surface area (Å²) in [5, 5.41) is 3.20. The van der Waals surface area contributed by atoms with Crippen molar-refractivity contribution in [3.05, 3.63) is 12.3 Å². The number of rotatable bonds is 3. The van der Waals surface area contributed by atoms with E-state index in [2.05, 4.69) is 20.2 Å². The van der Waals surface area contributed by atoms with Gasteiger partial charge in [0.25, 0.3) is 0 Å². The molecule has 3 heterocycles. The number of anilines is 2. The smallest absolute Gasteiger partial charge is 0.227 e. The zero-order valence-electron chi connectivity index (χ0n) is 10.7. The Bertz CT molecular complexity index is 555. The van der Waals surface area contributed by atoms with Crippen LogP contribution in [0.4, 0.5) is 11.8 Å². The zero-order chi connectivity index (χ0) is 13.3. The van der Waals surface area contributed by atoms with Crippen LogP contribution in [0.15, 0.2) is 12.3 Å². The molecule has 2 aliphatic rings. The van der Waals surface area contributed by atoms with Gasteiger partial charge in [0.15, 0.2) is 9.84 Å². The average molecular weight is 282 g/mol. The van der Waals surface area contributed by atoms with Crippen LogP contribution in [0.3, 0.4) is 0 Å². The van der Waals surface area contributed by atoms with Crippen LogP contribution in [0.2, 0.25) is 0 Å². The number of hydrogen-bond acceptors (Lipinski definition) is 6. The summed E-state index contributed by atoms with van der Waals surface area (Å²) in [4.78, 5) is 10.9. The fraction of sp³-hybridized carbons (Fsp3) is 0.667. The number of nitrogens with one attached hydrogen (secondary N) is 1. The molecule has 104 valence electrons. The van der Waals surface area contributed by atoms with E-state index in [1.165, 1.54) is 12.8 Å². The maximum absolute atomic E-state index is 11.4. The topological polar surface area (TPSA) is 75.2 Å². The average Bonchev–Trinajstić information content (AvgIpc) is 2.99. The van der Waals surface area contributed by atoms with Gasteiger partial charge in [-0.1, -0.05) is 0 Å². The SMILES string of the molecule is O=S1(=O)CCC(Nc2ccnc(N3CCCC3)n2)C1. The molecule has 0 aromatic carbocycles. The molecule has 0 aliphatic carbocycles. The molecule has 7 heteroatoms. The molecule has 19 heavy (non-hydrogen) atoms. The van der Waals surface area contributed by atoms with Crippen LogP contribution in [0.5, 0.6) is 0 Å². The predicted octanol–water partition coefficient (Wildman–Crippen LogP) is 0.676. The van der Waals surface area contributed by atoms with E-state index < -0.39 is 9.84 Å². The summed E-state index contributed by atoms with van der Waals surface area (Å²) in [6.07, 6.45) is 4.75. The minimum absolute atomic E-state index is 0.0219. The fourth-order valence-corrected chi connectivity index (χ4v) is 4.29. The molecular weight excluding hydrogens is 264 g/mol. The summed E-state index contributed by atoms with van der Waals surface area (Å²) in [5.74, 6) is 1.94. The van der Waals surface area contributed by atoms with Gasteiger partial charge < -0.3 is 10.2 Å². The van der Waals surface area contributed by atoms with Crippen molar-refractivity contribution in [2.24, 2.45) is 0 Å². The van der Waals surface area contributed by atoms with Crippen LogP contribution < -0.4 is 10.2 Å². The van der Waals surface area contributed by atoms with Crippen molar-refractivity contribution in [1.29, 1.82) is 0 Å². The first kappa shape index (κ1) is 12.7. The third-order valence-electron chi connectivity index (χ3n) is 3.62. The lowest BCUT2D eigenvalue weighted by Gasteiger charge is -2.17. The van der Waals surface area contributed by atoms with Gasteiger partial charge in [0.05, 0.1) is 11.5 Å². The van der Waals surface area contributed by atoms with E-state index in [4.69, 9.17) is 0 Å². The molecule has 0 spiro atoms. The molecule has 6 nitrogen and oxygen atoms in total. The number of nitrogens with zero attached hydrogens (tertiary/aromatic N) is 3. The standard InChI is InChI=1S/C12H18N4O2S/c17-19(18)8-4-10(9-19)14-11-3-5-13-12(15-11)16-6-1-2-7-16/h3,5,10H,1-2,4,6-9H2,(H,13,14,15). The highest BCUT2D eigenvalue weighted by Crippen LogP contribution is 2.19. The highest BCUT2D eigenvalue weighted by molar-refractivity contribution is 7.91. The van der Waals surface area contributed by atoms with E-state index in [0.717, 1.165) is 24.9 Å². The zero-order valence-corrected chi connectivity index (χ0v) is 11.6. The lowest BCUT2D eigenvalue weighted by molar-refractivity contribution is 0.602. The molecule has 0 saturated carbocycles. The number of hydrogen-bond donors (Lipinski definition) is 1. The molecule has 2 fully saturated rings. The lowest BCUT2D eigenvalue weighted by atomic mass is 10.2. The maximum Gasteiger partial charge on any atom is 0.227 e. The third kappa shape index (κ3) is 2.97. The Morgan fingerprint density at radius 3 is 2.79 bits per heavy atom. The Morgan fingerprint density at radius 2 is 2.11 bits per heavy atom. The Kier molecular flexibility index (Phi) is 3.30. The van der Waals surface area contributed by atoms with E-state index in [1.54, 1.807) is 12.3 Å². The van der Waals surface area contributed by atoms with Gasteiger partial charge in [-0.25, -0.2) is 13.4 Å². The molecule has 1 unspecified atom stereocenters. The quantitative estimate of drug-likeness (QED) is 0.878. The fourth-order valence-electron chi connectivity index (χ4n) is 2.62. The molecule has 1 N–H and O–H groups in total. The first-order valence-electron chi connectivity index (χ1n) is 6.67. The molecule has 0 radical (unpaired) electrons. The van der Waals surface area contributed by atoms with Gasteiger partial charge in [-0.3, -0.25) is 0 Å². The van der Waals surface area contributed by atoms with Crippen LogP contribution in [-0.2, 0) is 9.84 Å². The van der Waals surface area contributed by atoms with Crippen LogP contribution in [-0.4, -0.2) is 49.0 Å². The van der Waals surface area contributed by atoms with E-state index in [9.17, 15) is 8.42 Å². The van der Waals surface area contributed by atoms with Crippen molar-refractivity contribution in [3.8, 4) is 0 Å². The molecule has 0 bridgehead atoms. The largest absolute Gasteiger partial charge is 0.366 e. The van der Waals surface area contributed by atoms with Crippen LogP contribution in [0.25, 0.3) is 0 Å². The Labute approximate surface area is 113 Å². The monoisotopic (exact) mass is 282 g/mol. The van der Waals surface area contributed by atoms with Gasteiger partial charge in [0.1, 0.15) is 5.82 Å². The predicted molar refractivity (Wildman–Crippen MR) is 74.2 cm³/mol. The Balaban J connectivity index is 1.69. The van der Waals surface area contributed by atoms with Crippen molar-refractivity contribution >= 4 is 21.6 Å². The molecule has 3 rings (SSSR count). The first-order valence-corrected chi connectivity index (χ1v) is 8.49. The second-order valence-corrected chi connectivity index (χ2v) is 7.41. The number of aromatic nitrogens is 2. The minimum atomic E-state index is -2.86. The molecule has 1 atom stereocenters. The van der Waals surface area contributed by atoms with Crippen molar-refractivity contribution < 1.29 is 8.42 Å². The lowest BCUT2D eigenvalue weighted by Crippen LogP contribution is -2.24. The molecule has 0 amide bonds. The maximum atomic E-state index is 11.4. The summed E-state index contributed by atoms with van der Waals surface area (Å²) in [5.41, 5.74) is 0. The first-order chi connectivity index (χ1) is 9.12. The van der Waals surface area contributed by atoms with Crippen LogP contribution >= 0.6 is 0 Å². The second kappa shape index (κ2) is 4.96. The molecule has 1 aromatic rings. The number of sulfone groups is 1. The molecular formula is C12H18N4O2S. The molecule has 1 aromatic heterocycles. The third-order valence-corrected chi connectivity index (χ3v) is 5.38. The summed E-state index contributed by atoms with van der Waals surface area (Å²) in [6, 6.07) is 1.77. The summed E-state index contributed by atoms with van der Waals surface area (Å²) < 4.78 is 22.9. The van der Waals surface area contributed by atoms with Crippen LogP contribution in [0, 0.1) is 0 Å². The Morgan fingerprint density at radius 1 is 1.32 bits per heavy atom. The second-order valence-electron chi connectivity index (χ2n) is 5.18. The summed E-state index contributed by atoms with van der Waals surface area (Å²) >= 11 is 0. The van der Waals surface area contributed by atoms with Crippen molar-refractivity contribution in [2.45, 2.75) is 25.3 Å². The normalized spacial score (nSPS) is 25.7. The van der Waals surface area contributed by atoms with E-state index in [1.807, 2.05) is 0 Å². The van der Waals surface area contributed by atoms with E-state index >= 15 is 0 Å².